The van der Waals surface area contributed by atoms with Gasteiger partial charge in [-0.25, -0.2) is 0 Å². The SMILES string of the molecule is CCSC1CN(C)CC(c2cccc(C(F)(F)F)c2)C1=O. The van der Waals surface area contributed by atoms with E-state index in [1.54, 1.807) is 17.8 Å². The smallest absolute Gasteiger partial charge is 0.304 e. The van der Waals surface area contributed by atoms with E-state index >= 15 is 0 Å². The standard InChI is InChI=1S/C15H18F3NOS/c1-3-21-13-9-19(2)8-12(14(13)20)10-5-4-6-11(7-10)15(16,17)18/h4-7,12-13H,3,8-9H2,1-2H3. The molecule has 1 aromatic carbocycles. The van der Waals surface area contributed by atoms with Crippen LogP contribution in [0, 0.1) is 0 Å². The predicted octanol–water partition coefficient (Wildman–Crippen LogP) is 3.43. The molecule has 2 atom stereocenters. The van der Waals surface area contributed by atoms with Gasteiger partial charge in [0.15, 0.2) is 5.78 Å². The number of likely N-dealkylation sites (tertiary alicyclic amines) is 1. The Kier molecular flexibility index (Phi) is 4.99. The van der Waals surface area contributed by atoms with Crippen LogP contribution < -0.4 is 0 Å². The van der Waals surface area contributed by atoms with Crippen molar-refractivity contribution in [2.45, 2.75) is 24.3 Å². The molecule has 1 aliphatic rings. The lowest BCUT2D eigenvalue weighted by Crippen LogP contribution is -2.45. The number of likely N-dealkylation sites (N-methyl/N-ethyl adjacent to an activating group) is 1. The van der Waals surface area contributed by atoms with Crippen molar-refractivity contribution < 1.29 is 18.0 Å². The van der Waals surface area contributed by atoms with Gasteiger partial charge in [0.25, 0.3) is 0 Å². The van der Waals surface area contributed by atoms with Crippen LogP contribution in [0.3, 0.4) is 0 Å². The number of hydrogen-bond donors (Lipinski definition) is 0. The van der Waals surface area contributed by atoms with E-state index in [0.717, 1.165) is 17.9 Å². The predicted molar refractivity (Wildman–Crippen MR) is 78.6 cm³/mol. The van der Waals surface area contributed by atoms with Gasteiger partial charge in [-0.2, -0.15) is 13.2 Å². The van der Waals surface area contributed by atoms with Crippen LogP contribution in [-0.2, 0) is 11.0 Å². The summed E-state index contributed by atoms with van der Waals surface area (Å²) in [6.07, 6.45) is -4.38. The van der Waals surface area contributed by atoms with Crippen LogP contribution >= 0.6 is 11.8 Å². The molecule has 6 heteroatoms. The molecule has 1 heterocycles. The van der Waals surface area contributed by atoms with Crippen LogP contribution in [0.5, 0.6) is 0 Å². The minimum atomic E-state index is -4.38. The number of benzene rings is 1. The average molecular weight is 317 g/mol. The number of hydrogen-bond acceptors (Lipinski definition) is 3. The minimum Gasteiger partial charge on any atom is -0.304 e. The second kappa shape index (κ2) is 6.40. The van der Waals surface area contributed by atoms with Crippen LogP contribution in [-0.4, -0.2) is 41.8 Å². The van der Waals surface area contributed by atoms with Crippen molar-refractivity contribution in [1.82, 2.24) is 4.90 Å². The van der Waals surface area contributed by atoms with Gasteiger partial charge in [-0.15, -0.1) is 11.8 Å². The fourth-order valence-corrected chi connectivity index (χ4v) is 3.70. The summed E-state index contributed by atoms with van der Waals surface area (Å²) in [5, 5.41) is -0.159. The maximum Gasteiger partial charge on any atom is 0.416 e. The molecular weight excluding hydrogens is 299 g/mol. The molecule has 0 aliphatic carbocycles. The van der Waals surface area contributed by atoms with Crippen molar-refractivity contribution in [2.24, 2.45) is 0 Å². The first-order chi connectivity index (χ1) is 9.82. The Labute approximate surface area is 126 Å². The van der Waals surface area contributed by atoms with E-state index in [-0.39, 0.29) is 11.0 Å². The summed E-state index contributed by atoms with van der Waals surface area (Å²) in [5.41, 5.74) is -0.233. The molecule has 1 fully saturated rings. The fourth-order valence-electron chi connectivity index (χ4n) is 2.61. The van der Waals surface area contributed by atoms with Gasteiger partial charge in [0, 0.05) is 13.1 Å². The van der Waals surface area contributed by atoms with Crippen LogP contribution in [0.2, 0.25) is 0 Å². The Morgan fingerprint density at radius 2 is 2.05 bits per heavy atom. The number of thioether (sulfide) groups is 1. The third-order valence-corrected chi connectivity index (χ3v) is 4.73. The molecule has 0 radical (unpaired) electrons. The van der Waals surface area contributed by atoms with Gasteiger partial charge in [0.1, 0.15) is 0 Å². The summed E-state index contributed by atoms with van der Waals surface area (Å²) in [5.74, 6) is 0.383. The highest BCUT2D eigenvalue weighted by Crippen LogP contribution is 2.34. The van der Waals surface area contributed by atoms with Gasteiger partial charge in [-0.1, -0.05) is 25.1 Å². The van der Waals surface area contributed by atoms with Gasteiger partial charge in [-0.3, -0.25) is 4.79 Å². The van der Waals surface area contributed by atoms with Gasteiger partial charge >= 0.3 is 6.18 Å². The number of Topliss-reactive ketones (excluding diaryl/α,β-unsaturated/α-hetero) is 1. The topological polar surface area (TPSA) is 20.3 Å². The van der Waals surface area contributed by atoms with E-state index in [4.69, 9.17) is 0 Å². The van der Waals surface area contributed by atoms with Crippen molar-refractivity contribution >= 4 is 17.5 Å². The summed E-state index contributed by atoms with van der Waals surface area (Å²) in [6.45, 7) is 3.11. The summed E-state index contributed by atoms with van der Waals surface area (Å²) in [6, 6.07) is 5.14. The fraction of sp³-hybridized carbons (Fsp3) is 0.533. The Balaban J connectivity index is 2.29. The molecule has 0 amide bonds. The summed E-state index contributed by atoms with van der Waals surface area (Å²) >= 11 is 1.56. The molecule has 0 saturated carbocycles. The Hall–Kier alpha value is -1.01. The molecule has 1 aromatic rings. The van der Waals surface area contributed by atoms with E-state index in [0.29, 0.717) is 18.7 Å². The number of ketones is 1. The zero-order valence-electron chi connectivity index (χ0n) is 12.0. The molecule has 0 N–H and O–H groups in total. The first-order valence-corrected chi connectivity index (χ1v) is 7.88. The third-order valence-electron chi connectivity index (χ3n) is 3.62. The molecule has 21 heavy (non-hydrogen) atoms. The molecule has 0 bridgehead atoms. The number of halogens is 3. The highest BCUT2D eigenvalue weighted by Gasteiger charge is 2.36. The van der Waals surface area contributed by atoms with Gasteiger partial charge < -0.3 is 4.90 Å². The van der Waals surface area contributed by atoms with Crippen molar-refractivity contribution in [3.8, 4) is 0 Å². The van der Waals surface area contributed by atoms with Crippen molar-refractivity contribution in [3.05, 3.63) is 35.4 Å². The molecule has 0 aromatic heterocycles. The Bertz CT molecular complexity index is 518. The molecule has 2 nitrogen and oxygen atoms in total. The molecule has 2 unspecified atom stereocenters. The lowest BCUT2D eigenvalue weighted by Gasteiger charge is -2.34. The van der Waals surface area contributed by atoms with Gasteiger partial charge in [0.05, 0.1) is 16.7 Å². The van der Waals surface area contributed by atoms with Gasteiger partial charge in [0.2, 0.25) is 0 Å². The maximum absolute atomic E-state index is 12.8. The van der Waals surface area contributed by atoms with E-state index < -0.39 is 17.7 Å². The Morgan fingerprint density at radius 1 is 1.33 bits per heavy atom. The van der Waals surface area contributed by atoms with Crippen molar-refractivity contribution in [3.63, 3.8) is 0 Å². The number of alkyl halides is 3. The molecule has 0 spiro atoms. The summed E-state index contributed by atoms with van der Waals surface area (Å²) in [7, 11) is 1.90. The first kappa shape index (κ1) is 16.4. The van der Waals surface area contributed by atoms with E-state index in [9.17, 15) is 18.0 Å². The van der Waals surface area contributed by atoms with Crippen LogP contribution in [0.25, 0.3) is 0 Å². The zero-order valence-corrected chi connectivity index (χ0v) is 12.8. The van der Waals surface area contributed by atoms with Crippen molar-refractivity contribution in [1.29, 1.82) is 0 Å². The number of piperidine rings is 1. The lowest BCUT2D eigenvalue weighted by atomic mass is 9.88. The van der Waals surface area contributed by atoms with E-state index in [1.807, 2.05) is 18.9 Å². The number of carbonyl (C=O) groups excluding carboxylic acids is 1. The lowest BCUT2D eigenvalue weighted by molar-refractivity contribution is -0.137. The highest BCUT2D eigenvalue weighted by atomic mass is 32.2. The van der Waals surface area contributed by atoms with E-state index in [2.05, 4.69) is 0 Å². The summed E-state index contributed by atoms with van der Waals surface area (Å²) < 4.78 is 38.4. The molecule has 116 valence electrons. The molecular formula is C15H18F3NOS. The number of carbonyl (C=O) groups is 1. The van der Waals surface area contributed by atoms with Crippen LogP contribution in [0.1, 0.15) is 24.0 Å². The van der Waals surface area contributed by atoms with Crippen LogP contribution in [0.4, 0.5) is 13.2 Å². The molecule has 1 saturated heterocycles. The largest absolute Gasteiger partial charge is 0.416 e. The quantitative estimate of drug-likeness (QED) is 0.852. The summed E-state index contributed by atoms with van der Waals surface area (Å²) in [4.78, 5) is 14.5. The first-order valence-electron chi connectivity index (χ1n) is 6.84. The number of nitrogens with zero attached hydrogens (tertiary/aromatic N) is 1. The van der Waals surface area contributed by atoms with Crippen molar-refractivity contribution in [2.75, 3.05) is 25.9 Å². The normalized spacial score (nSPS) is 24.3. The third kappa shape index (κ3) is 3.80. The molecule has 1 aliphatic heterocycles. The second-order valence-corrected chi connectivity index (χ2v) is 6.72. The zero-order chi connectivity index (χ0) is 15.6. The Morgan fingerprint density at radius 3 is 2.67 bits per heavy atom. The van der Waals surface area contributed by atoms with Gasteiger partial charge in [-0.05, 0) is 24.4 Å². The monoisotopic (exact) mass is 317 g/mol. The van der Waals surface area contributed by atoms with Crippen LogP contribution in [0.15, 0.2) is 24.3 Å². The molecule has 2 rings (SSSR count). The minimum absolute atomic E-state index is 0.0410. The maximum atomic E-state index is 12.8. The van der Waals surface area contributed by atoms with E-state index in [1.165, 1.54) is 6.07 Å². The highest BCUT2D eigenvalue weighted by molar-refractivity contribution is 8.00. The number of rotatable bonds is 3. The average Bonchev–Trinajstić information content (AvgIpc) is 2.42. The second-order valence-electron chi connectivity index (χ2n) is 5.24.